The van der Waals surface area contributed by atoms with Crippen LogP contribution < -0.4 is 11.1 Å². The lowest BCUT2D eigenvalue weighted by atomic mass is 9.81. The Kier molecular flexibility index (Phi) is 4.78. The Balaban J connectivity index is 2.37. The molecule has 1 atom stereocenters. The topological polar surface area (TPSA) is 55.1 Å². The number of carbonyl (C=O) groups is 1. The molecule has 0 aromatic carbocycles. The van der Waals surface area contributed by atoms with Crippen LogP contribution in [0, 0.1) is 11.3 Å². The van der Waals surface area contributed by atoms with Gasteiger partial charge in [-0.05, 0) is 37.1 Å². The molecule has 1 rings (SSSR count). The zero-order valence-electron chi connectivity index (χ0n) is 10.9. The summed E-state index contributed by atoms with van der Waals surface area (Å²) in [5.74, 6) is 0.844. The Hall–Kier alpha value is -0.570. The lowest BCUT2D eigenvalue weighted by Crippen LogP contribution is -2.45. The van der Waals surface area contributed by atoms with E-state index in [4.69, 9.17) is 5.73 Å². The zero-order chi connectivity index (χ0) is 12.2. The van der Waals surface area contributed by atoms with E-state index in [-0.39, 0.29) is 17.4 Å². The van der Waals surface area contributed by atoms with Gasteiger partial charge in [0.25, 0.3) is 0 Å². The summed E-state index contributed by atoms with van der Waals surface area (Å²) in [4.78, 5) is 11.8. The number of nitrogens with one attached hydrogen (secondary N) is 1. The fourth-order valence-corrected chi connectivity index (χ4v) is 2.10. The average molecular weight is 226 g/mol. The van der Waals surface area contributed by atoms with Gasteiger partial charge in [0, 0.05) is 12.5 Å². The second-order valence-electron chi connectivity index (χ2n) is 6.06. The number of nitrogens with two attached hydrogens (primary N) is 1. The first-order valence-electron chi connectivity index (χ1n) is 6.43. The van der Waals surface area contributed by atoms with Crippen LogP contribution in [0.5, 0.6) is 0 Å². The summed E-state index contributed by atoms with van der Waals surface area (Å²) in [7, 11) is 0. The van der Waals surface area contributed by atoms with Crippen molar-refractivity contribution in [1.82, 2.24) is 5.32 Å². The van der Waals surface area contributed by atoms with Crippen LogP contribution in [-0.4, -0.2) is 18.5 Å². The summed E-state index contributed by atoms with van der Waals surface area (Å²) in [5.41, 5.74) is 5.68. The highest BCUT2D eigenvalue weighted by Gasteiger charge is 2.27. The second-order valence-corrected chi connectivity index (χ2v) is 6.06. The van der Waals surface area contributed by atoms with Crippen LogP contribution in [0.15, 0.2) is 0 Å². The van der Waals surface area contributed by atoms with E-state index in [0.29, 0.717) is 18.9 Å². The van der Waals surface area contributed by atoms with Crippen molar-refractivity contribution < 1.29 is 4.79 Å². The van der Waals surface area contributed by atoms with E-state index < -0.39 is 0 Å². The first-order valence-corrected chi connectivity index (χ1v) is 6.43. The van der Waals surface area contributed by atoms with E-state index in [2.05, 4.69) is 26.1 Å². The molecule has 1 aliphatic rings. The SMILES string of the molecule is CC(C)(C)C(CCN)NC(=O)CC1CCC1. The monoisotopic (exact) mass is 226 g/mol. The number of amides is 1. The summed E-state index contributed by atoms with van der Waals surface area (Å²) in [6.45, 7) is 7.08. The van der Waals surface area contributed by atoms with Crippen LogP contribution in [0.25, 0.3) is 0 Å². The normalized spacial score (nSPS) is 19.0. The van der Waals surface area contributed by atoms with Crippen molar-refractivity contribution in [3.63, 3.8) is 0 Å². The summed E-state index contributed by atoms with van der Waals surface area (Å²) in [5, 5.41) is 3.14. The van der Waals surface area contributed by atoms with E-state index >= 15 is 0 Å². The van der Waals surface area contributed by atoms with Gasteiger partial charge in [0.15, 0.2) is 0 Å². The van der Waals surface area contributed by atoms with Crippen LogP contribution >= 0.6 is 0 Å². The Labute approximate surface area is 99.2 Å². The van der Waals surface area contributed by atoms with Crippen molar-refractivity contribution in [1.29, 1.82) is 0 Å². The number of rotatable bonds is 5. The average Bonchev–Trinajstić information content (AvgIpc) is 2.09. The third kappa shape index (κ3) is 4.12. The molecule has 0 heterocycles. The van der Waals surface area contributed by atoms with Gasteiger partial charge in [0.2, 0.25) is 5.91 Å². The van der Waals surface area contributed by atoms with Crippen LogP contribution in [0.1, 0.15) is 52.9 Å². The third-order valence-corrected chi connectivity index (χ3v) is 3.53. The molecule has 0 radical (unpaired) electrons. The first kappa shape index (κ1) is 13.5. The maximum absolute atomic E-state index is 11.8. The highest BCUT2D eigenvalue weighted by Crippen LogP contribution is 2.29. The Morgan fingerprint density at radius 3 is 2.44 bits per heavy atom. The second kappa shape index (κ2) is 5.67. The van der Waals surface area contributed by atoms with E-state index in [9.17, 15) is 4.79 Å². The van der Waals surface area contributed by atoms with Gasteiger partial charge in [-0.1, -0.05) is 27.2 Å². The number of hydrogen-bond acceptors (Lipinski definition) is 2. The molecule has 1 amide bonds. The van der Waals surface area contributed by atoms with Crippen LogP contribution in [0.4, 0.5) is 0 Å². The van der Waals surface area contributed by atoms with Crippen LogP contribution in [-0.2, 0) is 4.79 Å². The molecule has 94 valence electrons. The lowest BCUT2D eigenvalue weighted by molar-refractivity contribution is -0.124. The molecule has 1 fully saturated rings. The van der Waals surface area contributed by atoms with Crippen molar-refractivity contribution in [3.8, 4) is 0 Å². The quantitative estimate of drug-likeness (QED) is 0.754. The third-order valence-electron chi connectivity index (χ3n) is 3.53. The minimum Gasteiger partial charge on any atom is -0.353 e. The molecular formula is C13H26N2O. The highest BCUT2D eigenvalue weighted by molar-refractivity contribution is 5.76. The van der Waals surface area contributed by atoms with Crippen molar-refractivity contribution in [2.24, 2.45) is 17.1 Å². The van der Waals surface area contributed by atoms with E-state index in [0.717, 1.165) is 6.42 Å². The van der Waals surface area contributed by atoms with Crippen molar-refractivity contribution >= 4 is 5.91 Å². The summed E-state index contributed by atoms with van der Waals surface area (Å²) in [6.07, 6.45) is 5.31. The molecule has 1 unspecified atom stereocenters. The fourth-order valence-electron chi connectivity index (χ4n) is 2.10. The molecule has 0 saturated heterocycles. The highest BCUT2D eigenvalue weighted by atomic mass is 16.1. The van der Waals surface area contributed by atoms with Gasteiger partial charge >= 0.3 is 0 Å². The molecule has 0 spiro atoms. The fraction of sp³-hybridized carbons (Fsp3) is 0.923. The van der Waals surface area contributed by atoms with E-state index in [1.165, 1.54) is 19.3 Å². The van der Waals surface area contributed by atoms with Gasteiger partial charge < -0.3 is 11.1 Å². The van der Waals surface area contributed by atoms with Gasteiger partial charge in [-0.25, -0.2) is 0 Å². The minimum absolute atomic E-state index is 0.0919. The van der Waals surface area contributed by atoms with Gasteiger partial charge in [0.05, 0.1) is 0 Å². The Morgan fingerprint density at radius 2 is 2.06 bits per heavy atom. The molecule has 3 heteroatoms. The van der Waals surface area contributed by atoms with Gasteiger partial charge in [-0.3, -0.25) is 4.79 Å². The van der Waals surface area contributed by atoms with Crippen molar-refractivity contribution in [3.05, 3.63) is 0 Å². The molecular weight excluding hydrogens is 200 g/mol. The summed E-state index contributed by atoms with van der Waals surface area (Å²) in [6, 6.07) is 0.199. The van der Waals surface area contributed by atoms with Crippen molar-refractivity contribution in [2.45, 2.75) is 58.9 Å². The predicted molar refractivity (Wildman–Crippen MR) is 67.0 cm³/mol. The smallest absolute Gasteiger partial charge is 0.220 e. The van der Waals surface area contributed by atoms with Crippen molar-refractivity contribution in [2.75, 3.05) is 6.54 Å². The molecule has 3 nitrogen and oxygen atoms in total. The number of hydrogen-bond donors (Lipinski definition) is 2. The molecule has 1 aliphatic carbocycles. The summed E-state index contributed by atoms with van der Waals surface area (Å²) < 4.78 is 0. The molecule has 0 aliphatic heterocycles. The minimum atomic E-state index is 0.0919. The number of carbonyl (C=O) groups excluding carboxylic acids is 1. The van der Waals surface area contributed by atoms with E-state index in [1.807, 2.05) is 0 Å². The maximum atomic E-state index is 11.8. The molecule has 16 heavy (non-hydrogen) atoms. The molecule has 3 N–H and O–H groups in total. The Bertz CT molecular complexity index is 229. The van der Waals surface area contributed by atoms with Gasteiger partial charge in [0.1, 0.15) is 0 Å². The van der Waals surface area contributed by atoms with Crippen LogP contribution in [0.2, 0.25) is 0 Å². The Morgan fingerprint density at radius 1 is 1.44 bits per heavy atom. The standard InChI is InChI=1S/C13H26N2O/c1-13(2,3)11(7-8-14)15-12(16)9-10-5-4-6-10/h10-11H,4-9,14H2,1-3H3,(H,15,16). The largest absolute Gasteiger partial charge is 0.353 e. The van der Waals surface area contributed by atoms with E-state index in [1.54, 1.807) is 0 Å². The summed E-state index contributed by atoms with van der Waals surface area (Å²) >= 11 is 0. The van der Waals surface area contributed by atoms with Gasteiger partial charge in [-0.2, -0.15) is 0 Å². The van der Waals surface area contributed by atoms with Gasteiger partial charge in [-0.15, -0.1) is 0 Å². The lowest BCUT2D eigenvalue weighted by Gasteiger charge is -2.32. The first-order chi connectivity index (χ1) is 7.43. The maximum Gasteiger partial charge on any atom is 0.220 e. The predicted octanol–water partition coefficient (Wildman–Crippen LogP) is 2.06. The molecule has 0 bridgehead atoms. The zero-order valence-corrected chi connectivity index (χ0v) is 10.9. The molecule has 0 aromatic rings. The van der Waals surface area contributed by atoms with Crippen LogP contribution in [0.3, 0.4) is 0 Å². The molecule has 1 saturated carbocycles. The molecule has 0 aromatic heterocycles.